The second kappa shape index (κ2) is 3.53. The van der Waals surface area contributed by atoms with Crippen molar-refractivity contribution in [1.29, 1.82) is 0 Å². The second-order valence-corrected chi connectivity index (χ2v) is 2.85. The summed E-state index contributed by atoms with van der Waals surface area (Å²) in [6.07, 6.45) is -0.521. The van der Waals surface area contributed by atoms with Crippen LogP contribution in [-0.2, 0) is 9.59 Å². The number of rotatable bonds is 3. The molecule has 2 N–H and O–H groups in total. The molecule has 1 amide bonds. The van der Waals surface area contributed by atoms with Crippen LogP contribution in [0.15, 0.2) is 0 Å². The number of carbonyl (C=O) groups excluding carboxylic acids is 1. The predicted molar refractivity (Wildman–Crippen MR) is 39.5 cm³/mol. The molecule has 0 aromatic rings. The minimum atomic E-state index is -0.968. The van der Waals surface area contributed by atoms with Gasteiger partial charge in [-0.15, -0.1) is 0 Å². The number of aliphatic hydroxyl groups excluding tert-OH is 1. The first-order chi connectivity index (χ1) is 5.59. The Hall–Kier alpha value is -1.10. The van der Waals surface area contributed by atoms with Crippen LogP contribution in [-0.4, -0.2) is 46.2 Å². The van der Waals surface area contributed by atoms with Gasteiger partial charge in [-0.1, -0.05) is 0 Å². The third kappa shape index (κ3) is 2.20. The van der Waals surface area contributed by atoms with Crippen LogP contribution in [0, 0.1) is 0 Å². The number of aliphatic carboxylic acids is 1. The van der Waals surface area contributed by atoms with Crippen LogP contribution < -0.4 is 0 Å². The molecule has 1 heterocycles. The molecule has 0 spiro atoms. The van der Waals surface area contributed by atoms with Gasteiger partial charge in [-0.05, 0) is 0 Å². The van der Waals surface area contributed by atoms with E-state index >= 15 is 0 Å². The van der Waals surface area contributed by atoms with E-state index in [2.05, 4.69) is 0 Å². The zero-order valence-corrected chi connectivity index (χ0v) is 6.56. The van der Waals surface area contributed by atoms with Crippen molar-refractivity contribution in [2.45, 2.75) is 18.9 Å². The Morgan fingerprint density at radius 1 is 1.33 bits per heavy atom. The van der Waals surface area contributed by atoms with Gasteiger partial charge in [-0.25, -0.2) is 0 Å². The van der Waals surface area contributed by atoms with Gasteiger partial charge in [0.05, 0.1) is 12.5 Å². The fourth-order valence-corrected chi connectivity index (χ4v) is 1.03. The lowest BCUT2D eigenvalue weighted by Gasteiger charge is -2.35. The highest BCUT2D eigenvalue weighted by Crippen LogP contribution is 2.09. The van der Waals surface area contributed by atoms with Crippen molar-refractivity contribution >= 4 is 11.9 Å². The Bertz CT molecular complexity index is 198. The van der Waals surface area contributed by atoms with E-state index in [1.807, 2.05) is 0 Å². The number of hydrogen-bond acceptors (Lipinski definition) is 3. The largest absolute Gasteiger partial charge is 0.481 e. The number of hydrogen-bond donors (Lipinski definition) is 2. The Kier molecular flexibility index (Phi) is 2.65. The smallest absolute Gasteiger partial charge is 0.303 e. The summed E-state index contributed by atoms with van der Waals surface area (Å²) in [5.41, 5.74) is 0. The molecule has 1 fully saturated rings. The van der Waals surface area contributed by atoms with E-state index in [0.717, 1.165) is 0 Å². The molecule has 12 heavy (non-hydrogen) atoms. The zero-order chi connectivity index (χ0) is 9.14. The molecule has 0 aliphatic carbocycles. The predicted octanol–water partition coefficient (Wildman–Crippen LogP) is -0.946. The normalized spacial score (nSPS) is 17.2. The molecule has 0 bridgehead atoms. The number of aliphatic hydroxyl groups is 1. The summed E-state index contributed by atoms with van der Waals surface area (Å²) >= 11 is 0. The fourth-order valence-electron chi connectivity index (χ4n) is 1.03. The molecule has 5 nitrogen and oxygen atoms in total. The Labute approximate surface area is 69.6 Å². The van der Waals surface area contributed by atoms with Gasteiger partial charge in [-0.2, -0.15) is 0 Å². The minimum Gasteiger partial charge on any atom is -0.481 e. The van der Waals surface area contributed by atoms with E-state index in [0.29, 0.717) is 13.1 Å². The molecule has 0 atom stereocenters. The van der Waals surface area contributed by atoms with Gasteiger partial charge in [0.25, 0.3) is 0 Å². The van der Waals surface area contributed by atoms with E-state index in [4.69, 9.17) is 10.2 Å². The van der Waals surface area contributed by atoms with Gasteiger partial charge >= 0.3 is 5.97 Å². The molecule has 68 valence electrons. The van der Waals surface area contributed by atoms with Crippen molar-refractivity contribution in [1.82, 2.24) is 4.90 Å². The number of carboxylic acids is 1. The second-order valence-electron chi connectivity index (χ2n) is 2.85. The quantitative estimate of drug-likeness (QED) is 0.577. The Morgan fingerprint density at radius 2 is 1.92 bits per heavy atom. The number of carbonyl (C=O) groups is 2. The molecule has 0 radical (unpaired) electrons. The third-order valence-corrected chi connectivity index (χ3v) is 1.77. The summed E-state index contributed by atoms with van der Waals surface area (Å²) in [4.78, 5) is 22.6. The molecule has 0 unspecified atom stereocenters. The highest BCUT2D eigenvalue weighted by Gasteiger charge is 2.28. The maximum absolute atomic E-state index is 11.0. The van der Waals surface area contributed by atoms with E-state index in [1.165, 1.54) is 4.90 Å². The molecular weight excluding hydrogens is 162 g/mol. The first-order valence-corrected chi connectivity index (χ1v) is 3.77. The maximum Gasteiger partial charge on any atom is 0.303 e. The van der Waals surface area contributed by atoms with Gasteiger partial charge in [0, 0.05) is 19.5 Å². The topological polar surface area (TPSA) is 77.8 Å². The van der Waals surface area contributed by atoms with Crippen molar-refractivity contribution in [3.63, 3.8) is 0 Å². The van der Waals surface area contributed by atoms with Crippen LogP contribution in [0.2, 0.25) is 0 Å². The maximum atomic E-state index is 11.0. The van der Waals surface area contributed by atoms with Crippen molar-refractivity contribution in [2.75, 3.05) is 13.1 Å². The zero-order valence-electron chi connectivity index (χ0n) is 6.56. The number of amides is 1. The monoisotopic (exact) mass is 173 g/mol. The van der Waals surface area contributed by atoms with Crippen molar-refractivity contribution in [3.8, 4) is 0 Å². The summed E-state index contributed by atoms with van der Waals surface area (Å²) in [6.45, 7) is 0.691. The van der Waals surface area contributed by atoms with Crippen LogP contribution >= 0.6 is 0 Å². The first kappa shape index (κ1) is 8.99. The Morgan fingerprint density at radius 3 is 2.33 bits per heavy atom. The molecule has 1 aliphatic heterocycles. The van der Waals surface area contributed by atoms with Gasteiger partial charge in [0.2, 0.25) is 5.91 Å². The van der Waals surface area contributed by atoms with Crippen LogP contribution in [0.5, 0.6) is 0 Å². The van der Waals surface area contributed by atoms with Gasteiger partial charge in [-0.3, -0.25) is 9.59 Å². The van der Waals surface area contributed by atoms with Gasteiger partial charge < -0.3 is 15.1 Å². The number of carboxylic acid groups (broad SMARTS) is 1. The van der Waals surface area contributed by atoms with Crippen LogP contribution in [0.1, 0.15) is 12.8 Å². The van der Waals surface area contributed by atoms with Gasteiger partial charge in [0.1, 0.15) is 0 Å². The summed E-state index contributed by atoms with van der Waals surface area (Å²) in [7, 11) is 0. The SMILES string of the molecule is O=C(O)CCC(=O)N1CC(O)C1. The number of β-amino-alcohol motifs (C(OH)–C–C–N with tert-alkyl or cyclic N) is 1. The number of nitrogens with zero attached hydrogens (tertiary/aromatic N) is 1. The lowest BCUT2D eigenvalue weighted by Crippen LogP contribution is -2.53. The first-order valence-electron chi connectivity index (χ1n) is 3.77. The van der Waals surface area contributed by atoms with Crippen molar-refractivity contribution in [3.05, 3.63) is 0 Å². The van der Waals surface area contributed by atoms with Gasteiger partial charge in [0.15, 0.2) is 0 Å². The molecule has 0 saturated carbocycles. The molecule has 0 aromatic carbocycles. The third-order valence-electron chi connectivity index (χ3n) is 1.77. The lowest BCUT2D eigenvalue weighted by molar-refractivity contribution is -0.145. The molecule has 1 saturated heterocycles. The highest BCUT2D eigenvalue weighted by molar-refractivity contribution is 5.81. The van der Waals surface area contributed by atoms with E-state index in [9.17, 15) is 9.59 Å². The standard InChI is InChI=1S/C7H11NO4/c9-5-3-8(4-5)6(10)1-2-7(11)12/h5,9H,1-4H2,(H,11,12). The van der Waals surface area contributed by atoms with E-state index in [-0.39, 0.29) is 18.7 Å². The minimum absolute atomic E-state index is 0.0298. The van der Waals surface area contributed by atoms with E-state index in [1.54, 1.807) is 0 Å². The summed E-state index contributed by atoms with van der Waals surface area (Å²) in [5.74, 6) is -1.16. The van der Waals surface area contributed by atoms with Crippen molar-refractivity contribution in [2.24, 2.45) is 0 Å². The molecule has 0 aromatic heterocycles. The highest BCUT2D eigenvalue weighted by atomic mass is 16.4. The molecular formula is C7H11NO4. The van der Waals surface area contributed by atoms with Crippen LogP contribution in [0.4, 0.5) is 0 Å². The molecule has 1 rings (SSSR count). The van der Waals surface area contributed by atoms with E-state index < -0.39 is 12.1 Å². The lowest BCUT2D eigenvalue weighted by atomic mass is 10.1. The summed E-state index contributed by atoms with van der Waals surface area (Å²) in [5, 5.41) is 17.1. The van der Waals surface area contributed by atoms with Crippen molar-refractivity contribution < 1.29 is 19.8 Å². The summed E-state index contributed by atoms with van der Waals surface area (Å²) in [6, 6.07) is 0. The molecule has 5 heteroatoms. The summed E-state index contributed by atoms with van der Waals surface area (Å²) < 4.78 is 0. The molecule has 1 aliphatic rings. The number of likely N-dealkylation sites (tertiary alicyclic amines) is 1. The van der Waals surface area contributed by atoms with Crippen LogP contribution in [0.3, 0.4) is 0 Å². The average molecular weight is 173 g/mol. The average Bonchev–Trinajstić information content (AvgIpc) is 1.94. The van der Waals surface area contributed by atoms with Crippen LogP contribution in [0.25, 0.3) is 0 Å². The fraction of sp³-hybridized carbons (Fsp3) is 0.714. The Balaban J connectivity index is 2.17.